The van der Waals surface area contributed by atoms with E-state index >= 15 is 0 Å². The van der Waals surface area contributed by atoms with Crippen molar-refractivity contribution in [1.29, 1.82) is 0 Å². The van der Waals surface area contributed by atoms with Gasteiger partial charge in [0.2, 0.25) is 11.5 Å². The van der Waals surface area contributed by atoms with Crippen LogP contribution in [-0.4, -0.2) is 93.2 Å². The van der Waals surface area contributed by atoms with Gasteiger partial charge in [-0.2, -0.15) is 0 Å². The Morgan fingerprint density at radius 2 is 1.85 bits per heavy atom. The Morgan fingerprint density at radius 3 is 2.42 bits per heavy atom. The van der Waals surface area contributed by atoms with Gasteiger partial charge in [0, 0.05) is 23.9 Å². The van der Waals surface area contributed by atoms with E-state index in [1.54, 1.807) is 0 Å². The fourth-order valence-corrected chi connectivity index (χ4v) is 5.52. The van der Waals surface area contributed by atoms with Crippen molar-refractivity contribution >= 4 is 79.4 Å². The summed E-state index contributed by atoms with van der Waals surface area (Å²) in [7, 11) is -4.24. The van der Waals surface area contributed by atoms with Crippen LogP contribution in [0.15, 0.2) is 34.8 Å². The number of halogens is 1. The summed E-state index contributed by atoms with van der Waals surface area (Å²) < 4.78 is 44.7. The number of alkyl halides is 1. The monoisotopic (exact) mass is 740 g/mol. The van der Waals surface area contributed by atoms with Crippen LogP contribution in [0.1, 0.15) is 37.9 Å². The number of oxime groups is 1. The summed E-state index contributed by atoms with van der Waals surface area (Å²) >= 11 is 6.34. The Morgan fingerprint density at radius 1 is 1.21 bits per heavy atom. The van der Waals surface area contributed by atoms with Crippen molar-refractivity contribution in [2.75, 3.05) is 18.3 Å². The van der Waals surface area contributed by atoms with Crippen LogP contribution in [0.2, 0.25) is 0 Å². The molecular formula is C25H26ClN6NaO13S2. The zero-order valence-electron chi connectivity index (χ0n) is 25.7. The summed E-state index contributed by atoms with van der Waals surface area (Å²) in [6, 6.07) is 2.14. The first-order chi connectivity index (χ1) is 22.0. The number of β-lactam (4-membered cyclic amide) rings is 1. The first kappa shape index (κ1) is 40.4. The molecule has 23 heteroatoms. The number of rotatable bonds is 15. The van der Waals surface area contributed by atoms with Crippen LogP contribution in [0.3, 0.4) is 0 Å². The van der Waals surface area contributed by atoms with Gasteiger partial charge in [-0.3, -0.25) is 29.3 Å². The van der Waals surface area contributed by atoms with Crippen molar-refractivity contribution in [1.82, 2.24) is 14.6 Å². The topological polar surface area (TPSA) is 266 Å². The van der Waals surface area contributed by atoms with Gasteiger partial charge in [0.1, 0.15) is 24.2 Å². The van der Waals surface area contributed by atoms with Gasteiger partial charge >= 0.3 is 41.5 Å². The zero-order chi connectivity index (χ0) is 35.1. The molecule has 0 saturated carbocycles. The zero-order valence-corrected chi connectivity index (χ0v) is 30.0. The van der Waals surface area contributed by atoms with E-state index in [4.69, 9.17) is 21.2 Å². The van der Waals surface area contributed by atoms with Crippen LogP contribution in [0.25, 0.3) is 0 Å². The van der Waals surface area contributed by atoms with Crippen LogP contribution in [0.4, 0.5) is 10.8 Å². The van der Waals surface area contributed by atoms with E-state index in [1.165, 1.54) is 43.5 Å². The maximum atomic E-state index is 13.4. The number of nitro benzene ring substituents is 1. The first-order valence-electron chi connectivity index (χ1n) is 13.1. The molecule has 0 aliphatic carbocycles. The minimum Gasteiger partial charge on any atom is -0.731 e. The molecule has 0 radical (unpaired) electrons. The van der Waals surface area contributed by atoms with Gasteiger partial charge in [0.15, 0.2) is 21.1 Å². The summed E-state index contributed by atoms with van der Waals surface area (Å²) in [5, 5.41) is 20.4. The Hall–Kier alpha value is -3.73. The summed E-state index contributed by atoms with van der Waals surface area (Å²) in [6.45, 7) is 2.19. The number of nitrogens with zero attached hydrogens (tertiary/aromatic N) is 4. The standard InChI is InChI=1S/C25H27ClN6O13S2.Na/c1-25(2,23(37)44-11-13-4-6-14(7-5-13)32(38)39)45-30-19(15-12-46-24(27-15)28-17(33)10-26)21(35)29-20-16(8-9-18(34)43-3)31(22(20)36)47(40,41)42;/h4-7,12,16,20H,8-11H2,1-3H3,(H,29,35)(H,27,28,33)(H,40,41,42);/q;+1/p-1/b30-19-;/t16-,20+;/m0./s1. The number of benzene rings is 1. The van der Waals surface area contributed by atoms with Crippen LogP contribution >= 0.6 is 22.9 Å². The molecule has 254 valence electrons. The molecule has 2 atom stereocenters. The number of hydrogen-bond acceptors (Lipinski definition) is 16. The SMILES string of the molecule is COC(=O)CC[C@H]1[C@@H](NC(=O)/C(=N\OC(C)(C)C(=O)OCc2ccc([N+](=O)[O-])cc2)c2csc(NC(=O)CCl)n2)C(=O)N1S(=O)(=O)[O-].[Na+]. The van der Waals surface area contributed by atoms with Gasteiger partial charge in [-0.05, 0) is 38.0 Å². The number of hydrogen-bond donors (Lipinski definition) is 2. The number of non-ortho nitro benzene ring substituents is 1. The fourth-order valence-electron chi connectivity index (χ4n) is 3.84. The summed E-state index contributed by atoms with van der Waals surface area (Å²) in [5.41, 5.74) is -2.48. The third kappa shape index (κ3) is 10.4. The van der Waals surface area contributed by atoms with Gasteiger partial charge in [0.25, 0.3) is 17.5 Å². The second-order valence-electron chi connectivity index (χ2n) is 9.99. The van der Waals surface area contributed by atoms with E-state index in [2.05, 4.69) is 25.5 Å². The molecular weight excluding hydrogens is 715 g/mol. The van der Waals surface area contributed by atoms with E-state index in [0.717, 1.165) is 18.4 Å². The smallest absolute Gasteiger partial charge is 0.731 e. The minimum atomic E-state index is -5.31. The number of anilines is 1. The molecule has 0 spiro atoms. The summed E-state index contributed by atoms with van der Waals surface area (Å²) in [5.74, 6) is -5.25. The number of nitro groups is 1. The number of thiazole rings is 1. The normalized spacial score (nSPS) is 16.1. The number of amides is 3. The number of ether oxygens (including phenoxy) is 2. The maximum absolute atomic E-state index is 13.4. The molecule has 1 aliphatic heterocycles. The van der Waals surface area contributed by atoms with Crippen molar-refractivity contribution in [2.45, 2.75) is 51.0 Å². The molecule has 2 N–H and O–H groups in total. The van der Waals surface area contributed by atoms with E-state index in [0.29, 0.717) is 5.56 Å². The molecule has 1 aromatic carbocycles. The van der Waals surface area contributed by atoms with Gasteiger partial charge in [0.05, 0.1) is 18.1 Å². The summed E-state index contributed by atoms with van der Waals surface area (Å²) in [4.78, 5) is 81.9. The minimum absolute atomic E-state index is 0. The molecule has 0 unspecified atom stereocenters. The molecule has 1 fully saturated rings. The Kier molecular flexibility index (Phi) is 14.4. The molecule has 3 amide bonds. The van der Waals surface area contributed by atoms with Crippen molar-refractivity contribution in [3.05, 3.63) is 51.0 Å². The van der Waals surface area contributed by atoms with Crippen LogP contribution in [0.5, 0.6) is 0 Å². The van der Waals surface area contributed by atoms with Crippen LogP contribution in [-0.2, 0) is 55.2 Å². The van der Waals surface area contributed by atoms with Crippen molar-refractivity contribution < 1.29 is 85.7 Å². The number of methoxy groups -OCH3 is 1. The van der Waals surface area contributed by atoms with Gasteiger partial charge in [-0.15, -0.1) is 22.9 Å². The largest absolute Gasteiger partial charge is 1.00 e. The second kappa shape index (κ2) is 17.1. The number of aromatic nitrogens is 1. The third-order valence-electron chi connectivity index (χ3n) is 6.27. The third-order valence-corrected chi connectivity index (χ3v) is 8.21. The molecule has 0 bridgehead atoms. The quantitative estimate of drug-likeness (QED) is 0.0282. The van der Waals surface area contributed by atoms with Gasteiger partial charge < -0.3 is 29.5 Å². The average Bonchev–Trinajstić information content (AvgIpc) is 3.47. The fraction of sp³-hybridized carbons (Fsp3) is 0.400. The average molecular weight is 741 g/mol. The van der Waals surface area contributed by atoms with Crippen molar-refractivity contribution in [2.24, 2.45) is 5.16 Å². The Balaban J connectivity index is 0.00000800. The number of carbonyl (C=O) groups is 5. The van der Waals surface area contributed by atoms with Gasteiger partial charge in [-0.25, -0.2) is 22.5 Å². The maximum Gasteiger partial charge on any atom is 1.00 e. The molecule has 48 heavy (non-hydrogen) atoms. The number of nitrogens with one attached hydrogen (secondary N) is 2. The second-order valence-corrected chi connectivity index (χ2v) is 12.4. The van der Waals surface area contributed by atoms with E-state index in [-0.39, 0.29) is 63.4 Å². The number of esters is 2. The van der Waals surface area contributed by atoms with Gasteiger partial charge in [-0.1, -0.05) is 5.16 Å². The molecule has 1 aromatic heterocycles. The van der Waals surface area contributed by atoms with E-state index < -0.39 is 80.6 Å². The molecule has 1 aliphatic rings. The first-order valence-corrected chi connectivity index (χ1v) is 15.9. The Bertz CT molecular complexity index is 1700. The van der Waals surface area contributed by atoms with Crippen molar-refractivity contribution in [3.8, 4) is 0 Å². The number of carbonyl (C=O) groups excluding carboxylic acids is 5. The van der Waals surface area contributed by atoms with Crippen LogP contribution in [0, 0.1) is 10.1 Å². The van der Waals surface area contributed by atoms with E-state index in [1.807, 2.05) is 0 Å². The van der Waals surface area contributed by atoms with Crippen LogP contribution < -0.4 is 40.2 Å². The molecule has 19 nitrogen and oxygen atoms in total. The predicted molar refractivity (Wildman–Crippen MR) is 160 cm³/mol. The van der Waals surface area contributed by atoms with E-state index in [9.17, 15) is 47.1 Å². The predicted octanol–water partition coefficient (Wildman–Crippen LogP) is -2.42. The Labute approximate surface area is 303 Å². The molecule has 1 saturated heterocycles. The van der Waals surface area contributed by atoms with Crippen molar-refractivity contribution in [3.63, 3.8) is 0 Å². The molecule has 2 heterocycles. The molecule has 3 rings (SSSR count). The molecule has 2 aromatic rings. The summed E-state index contributed by atoms with van der Waals surface area (Å²) in [6.07, 6.45) is -0.768.